The van der Waals surface area contributed by atoms with Crippen LogP contribution in [0.3, 0.4) is 0 Å². The van der Waals surface area contributed by atoms with Crippen LogP contribution in [0.1, 0.15) is 0 Å². The molecule has 2 saturated heterocycles. The summed E-state index contributed by atoms with van der Waals surface area (Å²) < 4.78 is 1.03. The van der Waals surface area contributed by atoms with Gasteiger partial charge in [-0.15, -0.1) is 48.8 Å². The van der Waals surface area contributed by atoms with Gasteiger partial charge >= 0.3 is 11.9 Å². The Balaban J connectivity index is -0.000000346. The summed E-state index contributed by atoms with van der Waals surface area (Å²) in [6, 6.07) is -0.954. The maximum absolute atomic E-state index is 10.4. The molecule has 0 spiro atoms. The number of nitrogens with one attached hydrogen (secondary N) is 2. The van der Waals surface area contributed by atoms with Crippen molar-refractivity contribution in [1.82, 2.24) is 22.9 Å². The van der Waals surface area contributed by atoms with E-state index < -0.39 is 24.0 Å². The van der Waals surface area contributed by atoms with Gasteiger partial charge in [0.05, 0.1) is 19.1 Å². The van der Waals surface area contributed by atoms with E-state index in [0.717, 1.165) is 0 Å². The van der Waals surface area contributed by atoms with E-state index >= 15 is 0 Å². The summed E-state index contributed by atoms with van der Waals surface area (Å²) in [7, 11) is 0. The van der Waals surface area contributed by atoms with Crippen LogP contribution >= 0.6 is 73.2 Å². The van der Waals surface area contributed by atoms with Crippen LogP contribution in [0.4, 0.5) is 0 Å². The molecule has 2 heterocycles. The van der Waals surface area contributed by atoms with Gasteiger partial charge in [-0.3, -0.25) is 20.2 Å². The average Bonchev–Trinajstić information content (AvgIpc) is 3.09. The third kappa shape index (κ3) is 10.8. The molecule has 0 amide bonds. The largest absolute Gasteiger partial charge is 0.480 e. The molecular weight excluding hydrogens is 498 g/mol. The molecule has 0 aliphatic carbocycles. The van der Waals surface area contributed by atoms with Crippen LogP contribution in [-0.2, 0) is 29.1 Å². The molecule has 10 N–H and O–H groups in total. The predicted molar refractivity (Wildman–Crippen MR) is 115 cm³/mol. The van der Waals surface area contributed by atoms with Crippen molar-refractivity contribution in [2.45, 2.75) is 22.8 Å². The summed E-state index contributed by atoms with van der Waals surface area (Å²) in [6.45, 7) is 0. The first kappa shape index (κ1) is 30.7. The van der Waals surface area contributed by atoms with Crippen molar-refractivity contribution in [3.05, 3.63) is 0 Å². The summed E-state index contributed by atoms with van der Waals surface area (Å²) in [5.74, 6) is -0.546. The number of carboxylic acid groups (broad SMARTS) is 2. The summed E-state index contributed by atoms with van der Waals surface area (Å²) in [4.78, 5) is 20.9. The van der Waals surface area contributed by atoms with Gasteiger partial charge in [0.25, 0.3) is 0 Å². The van der Waals surface area contributed by atoms with Gasteiger partial charge in [0, 0.05) is 31.0 Å². The number of thiol groups is 2. The number of carbonyl (C=O) groups is 2. The molecule has 0 aromatic carbocycles. The van der Waals surface area contributed by atoms with Crippen molar-refractivity contribution in [3.8, 4) is 0 Å². The van der Waals surface area contributed by atoms with Gasteiger partial charge in [0.2, 0.25) is 0 Å². The van der Waals surface area contributed by atoms with Crippen LogP contribution < -0.4 is 22.9 Å². The molecule has 142 valence electrons. The summed E-state index contributed by atoms with van der Waals surface area (Å²) in [5.41, 5.74) is 0. The standard InChI is InChI=1S/2C5H7NO2S3.2H3N.Zn/c2*7-4(8)2-1-11-3(6-2)5(9)10;;;/h2*2-3,6H,1H2,(H,7,8)(H,9,10);2*1H3;. The van der Waals surface area contributed by atoms with Gasteiger partial charge in [-0.1, -0.05) is 24.4 Å². The Morgan fingerprint density at radius 1 is 0.880 bits per heavy atom. The summed E-state index contributed by atoms with van der Waals surface area (Å²) in [6.07, 6.45) is 0. The Morgan fingerprint density at radius 2 is 1.16 bits per heavy atom. The van der Waals surface area contributed by atoms with E-state index in [0.29, 0.717) is 19.9 Å². The maximum Gasteiger partial charge on any atom is 0.321 e. The quantitative estimate of drug-likeness (QED) is 0.152. The Hall–Kier alpha value is 0.983. The number of thioether (sulfide) groups is 2. The maximum atomic E-state index is 10.4. The van der Waals surface area contributed by atoms with Crippen LogP contribution in [0.2, 0.25) is 0 Å². The van der Waals surface area contributed by atoms with Crippen molar-refractivity contribution < 1.29 is 39.3 Å². The molecule has 8 nitrogen and oxygen atoms in total. The molecule has 2 aliphatic rings. The second-order valence-corrected chi connectivity index (χ2v) is 8.94. The summed E-state index contributed by atoms with van der Waals surface area (Å²) >= 11 is 20.4. The molecule has 4 unspecified atom stereocenters. The van der Waals surface area contributed by atoms with Gasteiger partial charge in [0.1, 0.15) is 12.1 Å². The Morgan fingerprint density at radius 3 is 1.28 bits per heavy atom. The SMILES string of the molecule is N.N.O=C(O)C1CSC(C(=S)S)N1.O=C(O)C1CSC(C(=S)S)N1.[Zn]. The van der Waals surface area contributed by atoms with Gasteiger partial charge in [-0.2, -0.15) is 0 Å². The summed E-state index contributed by atoms with van der Waals surface area (Å²) in [5, 5.41) is 22.6. The minimum absolute atomic E-state index is 0. The fourth-order valence-corrected chi connectivity index (χ4v) is 4.71. The first-order valence-corrected chi connectivity index (χ1v) is 9.69. The van der Waals surface area contributed by atoms with E-state index in [-0.39, 0.29) is 42.5 Å². The second kappa shape index (κ2) is 15.0. The van der Waals surface area contributed by atoms with E-state index in [4.69, 9.17) is 34.6 Å². The van der Waals surface area contributed by atoms with Crippen molar-refractivity contribution in [1.29, 1.82) is 0 Å². The molecule has 0 aromatic rings. The molecule has 0 radical (unpaired) electrons. The Labute approximate surface area is 188 Å². The minimum Gasteiger partial charge on any atom is -0.480 e. The molecule has 15 heteroatoms. The molecule has 4 atom stereocenters. The number of aliphatic carboxylic acids is 2. The normalized spacial score (nSPS) is 26.6. The Bertz CT molecular complexity index is 406. The fraction of sp³-hybridized carbons (Fsp3) is 0.600. The van der Waals surface area contributed by atoms with Gasteiger partial charge in [0.15, 0.2) is 0 Å². The molecule has 2 aliphatic heterocycles. The smallest absolute Gasteiger partial charge is 0.321 e. The third-order valence-corrected chi connectivity index (χ3v) is 6.71. The molecule has 0 bridgehead atoms. The van der Waals surface area contributed by atoms with E-state index in [1.54, 1.807) is 0 Å². The number of rotatable bonds is 4. The zero-order valence-corrected chi connectivity index (χ0v) is 21.1. The minimum atomic E-state index is -0.829. The number of carboxylic acids is 2. The molecule has 2 fully saturated rings. The third-order valence-electron chi connectivity index (χ3n) is 2.61. The van der Waals surface area contributed by atoms with Crippen molar-refractivity contribution >= 4 is 93.5 Å². The number of thiocarbonyl (C=S) groups is 2. The van der Waals surface area contributed by atoms with Gasteiger partial charge in [-0.25, -0.2) is 0 Å². The number of hydrogen-bond acceptors (Lipinski definition) is 10. The van der Waals surface area contributed by atoms with Crippen LogP contribution in [0.25, 0.3) is 0 Å². The number of hydrogen-bond donors (Lipinski definition) is 8. The fourth-order valence-electron chi connectivity index (χ4n) is 1.51. The van der Waals surface area contributed by atoms with Crippen LogP contribution in [0.15, 0.2) is 0 Å². The molecule has 0 saturated carbocycles. The van der Waals surface area contributed by atoms with E-state index in [1.165, 1.54) is 23.5 Å². The van der Waals surface area contributed by atoms with Crippen molar-refractivity contribution in [2.24, 2.45) is 0 Å². The first-order valence-electron chi connectivity index (χ1n) is 5.89. The molecular formula is C10H20N4O4S6Zn. The van der Waals surface area contributed by atoms with Crippen LogP contribution in [-0.4, -0.2) is 64.9 Å². The zero-order chi connectivity index (χ0) is 16.9. The molecule has 2 rings (SSSR count). The zero-order valence-electron chi connectivity index (χ0n) is 13.1. The van der Waals surface area contributed by atoms with E-state index in [1.807, 2.05) is 0 Å². The van der Waals surface area contributed by atoms with Crippen LogP contribution in [0, 0.1) is 0 Å². The van der Waals surface area contributed by atoms with E-state index in [9.17, 15) is 9.59 Å². The van der Waals surface area contributed by atoms with Crippen molar-refractivity contribution in [2.75, 3.05) is 11.5 Å². The first-order chi connectivity index (χ1) is 10.2. The van der Waals surface area contributed by atoms with Gasteiger partial charge < -0.3 is 22.5 Å². The van der Waals surface area contributed by atoms with Crippen LogP contribution in [0.5, 0.6) is 0 Å². The second-order valence-electron chi connectivity index (χ2n) is 4.22. The van der Waals surface area contributed by atoms with Crippen molar-refractivity contribution in [3.63, 3.8) is 0 Å². The average molecular weight is 518 g/mol. The Kier molecular flexibility index (Phi) is 18.4. The monoisotopic (exact) mass is 516 g/mol. The molecule has 25 heavy (non-hydrogen) atoms. The van der Waals surface area contributed by atoms with Gasteiger partial charge in [-0.05, 0) is 0 Å². The van der Waals surface area contributed by atoms with E-state index in [2.05, 4.69) is 35.9 Å². The molecule has 0 aromatic heterocycles. The topological polar surface area (TPSA) is 169 Å². The predicted octanol–water partition coefficient (Wildman–Crippen LogP) is 1.04.